The van der Waals surface area contributed by atoms with Crippen molar-refractivity contribution < 1.29 is 18.3 Å². The molecular formula is C24H28N4O4S. The molecule has 3 aromatic carbocycles. The number of aliphatic hydroxyl groups is 1. The zero-order valence-electron chi connectivity index (χ0n) is 18.6. The highest BCUT2D eigenvalue weighted by Gasteiger charge is 2.10. The Bertz CT molecular complexity index is 1370. The number of anilines is 2. The lowest BCUT2D eigenvalue weighted by Gasteiger charge is -2.14. The van der Waals surface area contributed by atoms with Crippen molar-refractivity contribution in [2.45, 2.75) is 6.10 Å². The normalized spacial score (nSPS) is 12.7. The molecule has 1 unspecified atom stereocenters. The van der Waals surface area contributed by atoms with Crippen LogP contribution >= 0.6 is 0 Å². The summed E-state index contributed by atoms with van der Waals surface area (Å²) in [6.45, 7) is 1.69. The number of ether oxygens (including phenoxy) is 1. The molecule has 0 spiro atoms. The minimum atomic E-state index is -3.36. The van der Waals surface area contributed by atoms with Crippen LogP contribution < -0.4 is 20.1 Å². The van der Waals surface area contributed by atoms with Gasteiger partial charge in [0.1, 0.15) is 5.75 Å². The molecule has 0 radical (unpaired) electrons. The molecule has 0 bridgehead atoms. The smallest absolute Gasteiger partial charge is 0.229 e. The Morgan fingerprint density at radius 2 is 1.73 bits per heavy atom. The van der Waals surface area contributed by atoms with Gasteiger partial charge < -0.3 is 25.5 Å². The zero-order chi connectivity index (χ0) is 23.4. The van der Waals surface area contributed by atoms with Gasteiger partial charge in [-0.1, -0.05) is 18.2 Å². The molecule has 0 saturated heterocycles. The predicted molar refractivity (Wildman–Crippen MR) is 134 cm³/mol. The van der Waals surface area contributed by atoms with Crippen LogP contribution in [0.15, 0.2) is 60.7 Å². The van der Waals surface area contributed by atoms with Gasteiger partial charge in [0.15, 0.2) is 0 Å². The topological polar surface area (TPSA) is 115 Å². The number of hydrogen-bond donors (Lipinski definition) is 5. The van der Waals surface area contributed by atoms with Crippen LogP contribution in [-0.2, 0) is 10.0 Å². The summed E-state index contributed by atoms with van der Waals surface area (Å²) in [5, 5.41) is 19.3. The fraction of sp³-hybridized carbons (Fsp3) is 0.250. The number of hydrogen-bond acceptors (Lipinski definition) is 6. The molecule has 4 rings (SSSR count). The number of aromatic nitrogens is 1. The molecule has 0 saturated carbocycles. The number of sulfonamides is 1. The first kappa shape index (κ1) is 22.9. The average molecular weight is 469 g/mol. The van der Waals surface area contributed by atoms with Gasteiger partial charge in [0.05, 0.1) is 25.0 Å². The number of aliphatic hydroxyl groups excluding tert-OH is 1. The molecule has 0 fully saturated rings. The van der Waals surface area contributed by atoms with Crippen molar-refractivity contribution in [1.82, 2.24) is 10.3 Å². The third-order valence-electron chi connectivity index (χ3n) is 5.35. The third-order valence-corrected chi connectivity index (χ3v) is 5.96. The van der Waals surface area contributed by atoms with E-state index in [9.17, 15) is 13.5 Å². The Morgan fingerprint density at radius 3 is 2.48 bits per heavy atom. The van der Waals surface area contributed by atoms with Gasteiger partial charge >= 0.3 is 0 Å². The molecule has 1 atom stereocenters. The van der Waals surface area contributed by atoms with Crippen molar-refractivity contribution in [3.63, 3.8) is 0 Å². The number of aromatic amines is 1. The molecular weight excluding hydrogens is 440 g/mol. The number of nitrogens with one attached hydrogen (secondary N) is 4. The molecule has 0 aliphatic carbocycles. The second kappa shape index (κ2) is 9.70. The summed E-state index contributed by atoms with van der Waals surface area (Å²) in [5.41, 5.74) is 4.16. The Hall–Kier alpha value is -3.27. The molecule has 9 heteroatoms. The average Bonchev–Trinajstić information content (AvgIpc) is 3.14. The first-order valence-corrected chi connectivity index (χ1v) is 12.5. The van der Waals surface area contributed by atoms with Crippen LogP contribution in [0.4, 0.5) is 11.4 Å². The van der Waals surface area contributed by atoms with Crippen LogP contribution in [-0.4, -0.2) is 51.5 Å². The standard InChI is InChI=1S/C24H28N4O4S/c1-32-19-7-9-21-20-8-6-17(13-22(20)27-23(21)14-19)26-11-10-25-15-24(29)16-4-3-5-18(12-16)28-33(2,30)31/h3-9,12-14,24-29H,10-11,15H2,1-2H3. The van der Waals surface area contributed by atoms with Crippen LogP contribution in [0.5, 0.6) is 5.75 Å². The molecule has 174 valence electrons. The summed E-state index contributed by atoms with van der Waals surface area (Å²) in [6.07, 6.45) is 0.351. The van der Waals surface area contributed by atoms with E-state index in [-0.39, 0.29) is 0 Å². The Kier molecular flexibility index (Phi) is 6.73. The largest absolute Gasteiger partial charge is 0.497 e. The fourth-order valence-corrected chi connectivity index (χ4v) is 4.36. The SMILES string of the molecule is COc1ccc2c(c1)[nH]c1cc(NCCNCC(O)c3cccc(NS(C)(=O)=O)c3)ccc12. The number of H-pyrrole nitrogens is 1. The van der Waals surface area contributed by atoms with E-state index in [1.807, 2.05) is 12.1 Å². The first-order valence-electron chi connectivity index (χ1n) is 10.6. The summed E-state index contributed by atoms with van der Waals surface area (Å²) in [4.78, 5) is 3.43. The quantitative estimate of drug-likeness (QED) is 0.228. The van der Waals surface area contributed by atoms with E-state index in [0.29, 0.717) is 30.9 Å². The van der Waals surface area contributed by atoms with Crippen LogP contribution in [0, 0.1) is 0 Å². The van der Waals surface area contributed by atoms with Gasteiger partial charge in [0.25, 0.3) is 0 Å². The lowest BCUT2D eigenvalue weighted by atomic mass is 10.1. The van der Waals surface area contributed by atoms with E-state index in [1.54, 1.807) is 31.4 Å². The van der Waals surface area contributed by atoms with Crippen LogP contribution in [0.2, 0.25) is 0 Å². The van der Waals surface area contributed by atoms with E-state index < -0.39 is 16.1 Å². The summed E-state index contributed by atoms with van der Waals surface area (Å²) >= 11 is 0. The lowest BCUT2D eigenvalue weighted by Crippen LogP contribution is -2.27. The van der Waals surface area contributed by atoms with E-state index in [2.05, 4.69) is 44.6 Å². The highest BCUT2D eigenvalue weighted by atomic mass is 32.2. The van der Waals surface area contributed by atoms with Gasteiger partial charge in [-0.05, 0) is 42.0 Å². The van der Waals surface area contributed by atoms with E-state index >= 15 is 0 Å². The highest BCUT2D eigenvalue weighted by Crippen LogP contribution is 2.29. The van der Waals surface area contributed by atoms with Crippen molar-refractivity contribution in [1.29, 1.82) is 0 Å². The van der Waals surface area contributed by atoms with Crippen molar-refractivity contribution in [3.8, 4) is 5.75 Å². The molecule has 0 aliphatic rings. The van der Waals surface area contributed by atoms with E-state index in [4.69, 9.17) is 4.74 Å². The summed E-state index contributed by atoms with van der Waals surface area (Å²) in [7, 11) is -1.70. The Labute approximate surface area is 193 Å². The van der Waals surface area contributed by atoms with E-state index in [1.165, 1.54) is 0 Å². The molecule has 1 heterocycles. The van der Waals surface area contributed by atoms with Gasteiger partial charge in [0.2, 0.25) is 10.0 Å². The monoisotopic (exact) mass is 468 g/mol. The number of fused-ring (bicyclic) bond motifs is 3. The van der Waals surface area contributed by atoms with Gasteiger partial charge in [-0.3, -0.25) is 4.72 Å². The van der Waals surface area contributed by atoms with Gasteiger partial charge in [-0.15, -0.1) is 0 Å². The minimum absolute atomic E-state index is 0.354. The molecule has 4 aromatic rings. The minimum Gasteiger partial charge on any atom is -0.497 e. The second-order valence-corrected chi connectivity index (χ2v) is 9.69. The molecule has 8 nitrogen and oxygen atoms in total. The van der Waals surface area contributed by atoms with Crippen LogP contribution in [0.1, 0.15) is 11.7 Å². The maximum atomic E-state index is 11.4. The molecule has 1 aromatic heterocycles. The zero-order valence-corrected chi connectivity index (χ0v) is 19.4. The molecule has 0 amide bonds. The number of methoxy groups -OCH3 is 1. The summed E-state index contributed by atoms with van der Waals surface area (Å²) < 4.78 is 30.5. The third kappa shape index (κ3) is 5.75. The van der Waals surface area contributed by atoms with Crippen molar-refractivity contribution >= 4 is 43.2 Å². The van der Waals surface area contributed by atoms with Crippen LogP contribution in [0.3, 0.4) is 0 Å². The second-order valence-electron chi connectivity index (χ2n) is 7.94. The van der Waals surface area contributed by atoms with Crippen molar-refractivity contribution in [3.05, 3.63) is 66.2 Å². The Balaban J connectivity index is 1.29. The summed E-state index contributed by atoms with van der Waals surface area (Å²) in [6, 6.07) is 19.0. The Morgan fingerprint density at radius 1 is 0.970 bits per heavy atom. The first-order chi connectivity index (χ1) is 15.8. The lowest BCUT2D eigenvalue weighted by molar-refractivity contribution is 0.175. The van der Waals surface area contributed by atoms with Crippen molar-refractivity contribution in [2.75, 3.05) is 43.0 Å². The van der Waals surface area contributed by atoms with Crippen LogP contribution in [0.25, 0.3) is 21.8 Å². The maximum absolute atomic E-state index is 11.4. The predicted octanol–water partition coefficient (Wildman–Crippen LogP) is 3.44. The van der Waals surface area contributed by atoms with Crippen molar-refractivity contribution in [2.24, 2.45) is 0 Å². The molecule has 0 aliphatic heterocycles. The fourth-order valence-electron chi connectivity index (χ4n) is 3.80. The van der Waals surface area contributed by atoms with E-state index in [0.717, 1.165) is 39.5 Å². The number of benzene rings is 3. The number of rotatable bonds is 10. The van der Waals surface area contributed by atoms with Gasteiger partial charge in [-0.2, -0.15) is 0 Å². The highest BCUT2D eigenvalue weighted by molar-refractivity contribution is 7.92. The molecule has 5 N–H and O–H groups in total. The summed E-state index contributed by atoms with van der Waals surface area (Å²) in [5.74, 6) is 0.819. The van der Waals surface area contributed by atoms with Gasteiger partial charge in [0, 0.05) is 53.4 Å². The maximum Gasteiger partial charge on any atom is 0.229 e. The molecule has 33 heavy (non-hydrogen) atoms. The van der Waals surface area contributed by atoms with Gasteiger partial charge in [-0.25, -0.2) is 8.42 Å².